The maximum Gasteiger partial charge on any atom is 0.0992 e. The monoisotopic (exact) mass is 256 g/mol. The standard InChI is InChI=1S/C15H20N4/c16-10-12-3-4-14(17)15(9-12)19-8-5-13(11-19)18-6-1-2-7-18/h3-4,9,13H,1-2,5-8,11,17H2. The average molecular weight is 256 g/mol. The zero-order valence-corrected chi connectivity index (χ0v) is 11.2. The second-order valence-corrected chi connectivity index (χ2v) is 5.52. The van der Waals surface area contributed by atoms with E-state index in [1.807, 2.05) is 12.1 Å². The third kappa shape index (κ3) is 2.39. The molecule has 2 aliphatic heterocycles. The Morgan fingerprint density at radius 2 is 2.00 bits per heavy atom. The largest absolute Gasteiger partial charge is 0.397 e. The third-order valence-corrected chi connectivity index (χ3v) is 4.32. The maximum atomic E-state index is 9.00. The lowest BCUT2D eigenvalue weighted by Gasteiger charge is -2.25. The van der Waals surface area contributed by atoms with Crippen molar-refractivity contribution in [2.45, 2.75) is 25.3 Å². The van der Waals surface area contributed by atoms with E-state index in [0.717, 1.165) is 24.5 Å². The van der Waals surface area contributed by atoms with Crippen molar-refractivity contribution in [2.75, 3.05) is 36.8 Å². The molecule has 1 atom stereocenters. The van der Waals surface area contributed by atoms with Gasteiger partial charge in [-0.2, -0.15) is 5.26 Å². The van der Waals surface area contributed by atoms with Crippen LogP contribution in [0, 0.1) is 11.3 Å². The molecule has 1 unspecified atom stereocenters. The van der Waals surface area contributed by atoms with Crippen LogP contribution in [-0.2, 0) is 0 Å². The molecule has 2 aliphatic rings. The number of nitrogens with two attached hydrogens (primary N) is 1. The van der Waals surface area contributed by atoms with Gasteiger partial charge in [-0.3, -0.25) is 4.90 Å². The number of nitrogen functional groups attached to an aromatic ring is 1. The van der Waals surface area contributed by atoms with E-state index >= 15 is 0 Å². The first-order valence-electron chi connectivity index (χ1n) is 7.06. The van der Waals surface area contributed by atoms with Gasteiger partial charge >= 0.3 is 0 Å². The quantitative estimate of drug-likeness (QED) is 0.820. The zero-order valence-electron chi connectivity index (χ0n) is 11.2. The average Bonchev–Trinajstić information content (AvgIpc) is 3.10. The van der Waals surface area contributed by atoms with Crippen molar-refractivity contribution in [3.63, 3.8) is 0 Å². The molecule has 0 spiro atoms. The van der Waals surface area contributed by atoms with Crippen molar-refractivity contribution in [1.82, 2.24) is 4.90 Å². The van der Waals surface area contributed by atoms with Gasteiger partial charge in [0, 0.05) is 19.1 Å². The van der Waals surface area contributed by atoms with E-state index in [0.29, 0.717) is 11.6 Å². The Morgan fingerprint density at radius 3 is 2.74 bits per heavy atom. The molecule has 19 heavy (non-hydrogen) atoms. The number of rotatable bonds is 2. The van der Waals surface area contributed by atoms with Crippen LogP contribution < -0.4 is 10.6 Å². The summed E-state index contributed by atoms with van der Waals surface area (Å²) in [5, 5.41) is 9.00. The van der Waals surface area contributed by atoms with Gasteiger partial charge in [-0.15, -0.1) is 0 Å². The van der Waals surface area contributed by atoms with Crippen LogP contribution >= 0.6 is 0 Å². The van der Waals surface area contributed by atoms with Crippen molar-refractivity contribution in [2.24, 2.45) is 0 Å². The molecule has 0 aromatic heterocycles. The number of likely N-dealkylation sites (tertiary alicyclic amines) is 1. The summed E-state index contributed by atoms with van der Waals surface area (Å²) in [6.07, 6.45) is 3.88. The summed E-state index contributed by atoms with van der Waals surface area (Å²) in [6.45, 7) is 4.57. The van der Waals surface area contributed by atoms with Crippen LogP contribution in [0.15, 0.2) is 18.2 Å². The van der Waals surface area contributed by atoms with Crippen molar-refractivity contribution in [3.05, 3.63) is 23.8 Å². The van der Waals surface area contributed by atoms with Crippen molar-refractivity contribution < 1.29 is 0 Å². The molecule has 0 aliphatic carbocycles. The number of nitriles is 1. The molecule has 0 bridgehead atoms. The fourth-order valence-corrected chi connectivity index (χ4v) is 3.25. The number of hydrogen-bond donors (Lipinski definition) is 1. The summed E-state index contributed by atoms with van der Waals surface area (Å²) in [5.74, 6) is 0. The van der Waals surface area contributed by atoms with Gasteiger partial charge in [-0.1, -0.05) is 0 Å². The Labute approximate surface area is 114 Å². The maximum absolute atomic E-state index is 9.00. The molecule has 2 fully saturated rings. The lowest BCUT2D eigenvalue weighted by molar-refractivity contribution is 0.260. The van der Waals surface area contributed by atoms with Gasteiger partial charge in [0.15, 0.2) is 0 Å². The van der Waals surface area contributed by atoms with Crippen LogP contribution in [-0.4, -0.2) is 37.1 Å². The van der Waals surface area contributed by atoms with Crippen LogP contribution in [0.1, 0.15) is 24.8 Å². The highest BCUT2D eigenvalue weighted by Crippen LogP contribution is 2.30. The van der Waals surface area contributed by atoms with Gasteiger partial charge in [0.1, 0.15) is 0 Å². The topological polar surface area (TPSA) is 56.3 Å². The minimum Gasteiger partial charge on any atom is -0.397 e. The van der Waals surface area contributed by atoms with Crippen molar-refractivity contribution >= 4 is 11.4 Å². The molecule has 0 saturated carbocycles. The molecule has 0 radical (unpaired) electrons. The zero-order chi connectivity index (χ0) is 13.2. The van der Waals surface area contributed by atoms with Crippen molar-refractivity contribution in [3.8, 4) is 6.07 Å². The van der Waals surface area contributed by atoms with Gasteiger partial charge in [-0.05, 0) is 50.6 Å². The number of nitrogens with zero attached hydrogens (tertiary/aromatic N) is 3. The van der Waals surface area contributed by atoms with E-state index in [4.69, 9.17) is 11.0 Å². The number of benzene rings is 1. The Kier molecular flexibility index (Phi) is 3.31. The second-order valence-electron chi connectivity index (χ2n) is 5.52. The molecule has 2 heterocycles. The van der Waals surface area contributed by atoms with Crippen LogP contribution in [0.3, 0.4) is 0 Å². The fraction of sp³-hybridized carbons (Fsp3) is 0.533. The number of hydrogen-bond acceptors (Lipinski definition) is 4. The summed E-state index contributed by atoms with van der Waals surface area (Å²) in [6, 6.07) is 8.40. The Balaban J connectivity index is 1.75. The molecular formula is C15H20N4. The highest BCUT2D eigenvalue weighted by Gasteiger charge is 2.29. The molecule has 100 valence electrons. The first-order valence-corrected chi connectivity index (χ1v) is 7.06. The van der Waals surface area contributed by atoms with Gasteiger partial charge in [0.25, 0.3) is 0 Å². The van der Waals surface area contributed by atoms with Crippen LogP contribution in [0.5, 0.6) is 0 Å². The second kappa shape index (κ2) is 5.10. The van der Waals surface area contributed by atoms with Gasteiger partial charge in [0.05, 0.1) is 23.0 Å². The molecular weight excluding hydrogens is 236 g/mol. The lowest BCUT2D eigenvalue weighted by atomic mass is 10.1. The first kappa shape index (κ1) is 12.3. The molecule has 1 aromatic carbocycles. The van der Waals surface area contributed by atoms with E-state index in [-0.39, 0.29) is 0 Å². The van der Waals surface area contributed by atoms with Gasteiger partial charge < -0.3 is 10.6 Å². The first-order chi connectivity index (χ1) is 9.28. The molecule has 0 amide bonds. The van der Waals surface area contributed by atoms with Crippen LogP contribution in [0.4, 0.5) is 11.4 Å². The van der Waals surface area contributed by atoms with Gasteiger partial charge in [0.2, 0.25) is 0 Å². The van der Waals surface area contributed by atoms with E-state index < -0.39 is 0 Å². The predicted octanol–water partition coefficient (Wildman–Crippen LogP) is 1.81. The van der Waals surface area contributed by atoms with Crippen LogP contribution in [0.2, 0.25) is 0 Å². The Hall–Kier alpha value is -1.73. The smallest absolute Gasteiger partial charge is 0.0992 e. The van der Waals surface area contributed by atoms with Crippen molar-refractivity contribution in [1.29, 1.82) is 5.26 Å². The molecule has 2 N–H and O–H groups in total. The predicted molar refractivity (Wildman–Crippen MR) is 77.0 cm³/mol. The van der Waals surface area contributed by atoms with Gasteiger partial charge in [-0.25, -0.2) is 0 Å². The molecule has 3 rings (SSSR count). The van der Waals surface area contributed by atoms with E-state index in [2.05, 4.69) is 15.9 Å². The minimum atomic E-state index is 0.660. The SMILES string of the molecule is N#Cc1ccc(N)c(N2CCC(N3CCCC3)C2)c1. The molecule has 4 nitrogen and oxygen atoms in total. The number of anilines is 2. The summed E-state index contributed by atoms with van der Waals surface area (Å²) >= 11 is 0. The fourth-order valence-electron chi connectivity index (χ4n) is 3.25. The summed E-state index contributed by atoms with van der Waals surface area (Å²) in [5.41, 5.74) is 8.55. The highest BCUT2D eigenvalue weighted by atomic mass is 15.3. The van der Waals surface area contributed by atoms with E-state index in [1.54, 1.807) is 6.07 Å². The minimum absolute atomic E-state index is 0.660. The van der Waals surface area contributed by atoms with E-state index in [1.165, 1.54) is 32.4 Å². The summed E-state index contributed by atoms with van der Waals surface area (Å²) < 4.78 is 0. The Morgan fingerprint density at radius 1 is 1.21 bits per heavy atom. The summed E-state index contributed by atoms with van der Waals surface area (Å²) in [7, 11) is 0. The molecule has 1 aromatic rings. The molecule has 2 saturated heterocycles. The molecule has 4 heteroatoms. The lowest BCUT2D eigenvalue weighted by Crippen LogP contribution is -2.35. The third-order valence-electron chi connectivity index (χ3n) is 4.32. The Bertz CT molecular complexity index is 499. The highest BCUT2D eigenvalue weighted by molar-refractivity contribution is 5.70. The van der Waals surface area contributed by atoms with Crippen LogP contribution in [0.25, 0.3) is 0 Å². The summed E-state index contributed by atoms with van der Waals surface area (Å²) in [4.78, 5) is 4.93. The van der Waals surface area contributed by atoms with E-state index in [9.17, 15) is 0 Å². The normalized spacial score (nSPS) is 23.7.